The maximum Gasteiger partial charge on any atom is 0.0682 e. The molecule has 0 radical (unpaired) electrons. The molecule has 2 nitrogen and oxygen atoms in total. The van der Waals surface area contributed by atoms with Crippen LogP contribution in [0.5, 0.6) is 0 Å². The van der Waals surface area contributed by atoms with Crippen LogP contribution in [0.25, 0.3) is 10.9 Å². The summed E-state index contributed by atoms with van der Waals surface area (Å²) >= 11 is 7.01. The Kier molecular flexibility index (Phi) is 3.23. The fourth-order valence-electron chi connectivity index (χ4n) is 1.41. The van der Waals surface area contributed by atoms with Gasteiger partial charge < -0.3 is 0 Å². The van der Waals surface area contributed by atoms with Gasteiger partial charge in [0, 0.05) is 15.5 Å². The van der Waals surface area contributed by atoms with Crippen LogP contribution in [-0.4, -0.2) is 19.9 Å². The molecule has 0 amide bonds. The lowest BCUT2D eigenvalue weighted by atomic mass is 10.2. The molecule has 1 heterocycles. The van der Waals surface area contributed by atoms with E-state index in [1.807, 2.05) is 23.0 Å². The van der Waals surface area contributed by atoms with Gasteiger partial charge in [0.15, 0.2) is 0 Å². The Labute approximate surface area is 99.6 Å². The van der Waals surface area contributed by atoms with E-state index in [1.54, 1.807) is 0 Å². The third-order valence-corrected chi connectivity index (χ3v) is 4.35. The first-order valence-electron chi connectivity index (χ1n) is 4.42. The summed E-state index contributed by atoms with van der Waals surface area (Å²) in [5.74, 6) is 0. The van der Waals surface area contributed by atoms with Crippen LogP contribution in [-0.2, 0) is 6.54 Å². The number of hydrogen-bond donors (Lipinski definition) is 0. The van der Waals surface area contributed by atoms with Crippen molar-refractivity contribution in [3.63, 3.8) is 0 Å². The summed E-state index contributed by atoms with van der Waals surface area (Å²) in [4.78, 5) is 0.422. The van der Waals surface area contributed by atoms with E-state index in [0.717, 1.165) is 11.9 Å². The third kappa shape index (κ3) is 2.01. The number of rotatable bonds is 3. The first-order chi connectivity index (χ1) is 6.81. The average molecular weight is 318 g/mol. The molecule has 1 aromatic carbocycles. The van der Waals surface area contributed by atoms with Crippen molar-refractivity contribution < 1.29 is 0 Å². The van der Waals surface area contributed by atoms with Crippen molar-refractivity contribution in [2.45, 2.75) is 11.4 Å². The molecule has 14 heavy (non-hydrogen) atoms. The van der Waals surface area contributed by atoms with Gasteiger partial charge in [-0.25, -0.2) is 0 Å². The summed E-state index contributed by atoms with van der Waals surface area (Å²) in [5.41, 5.74) is 1.19. The number of hydrogen-bond acceptors (Lipinski definition) is 1. The number of nitrogens with zero attached hydrogens (tertiary/aromatic N) is 2. The first-order valence-corrected chi connectivity index (χ1v) is 6.45. The molecule has 1 aromatic heterocycles. The molecule has 0 aliphatic carbocycles. The number of para-hydroxylation sites is 1. The predicted octanol–water partition coefficient (Wildman–Crippen LogP) is 3.19. The van der Waals surface area contributed by atoms with Crippen molar-refractivity contribution in [1.82, 2.24) is 9.78 Å². The van der Waals surface area contributed by atoms with Crippen molar-refractivity contribution in [3.05, 3.63) is 30.5 Å². The van der Waals surface area contributed by atoms with E-state index in [-0.39, 0.29) is 0 Å². The van der Waals surface area contributed by atoms with Gasteiger partial charge in [-0.3, -0.25) is 4.68 Å². The minimum Gasteiger partial charge on any atom is -0.264 e. The molecule has 0 aliphatic rings. The topological polar surface area (TPSA) is 17.8 Å². The second-order valence-electron chi connectivity index (χ2n) is 3.14. The largest absolute Gasteiger partial charge is 0.264 e. The Bertz CT molecular complexity index is 425. The molecule has 1 unspecified atom stereocenters. The van der Waals surface area contributed by atoms with Gasteiger partial charge in [-0.05, 0) is 6.07 Å². The monoisotopic (exact) mass is 316 g/mol. The van der Waals surface area contributed by atoms with E-state index in [4.69, 9.17) is 0 Å². The molecule has 0 spiro atoms. The molecule has 2 rings (SSSR count). The summed E-state index contributed by atoms with van der Waals surface area (Å²) in [5, 5.41) is 6.48. The summed E-state index contributed by atoms with van der Waals surface area (Å²) < 4.78 is 2.02. The SMILES string of the molecule is BrCC(Br)Cn1ncc2ccccc21. The molecule has 0 bridgehead atoms. The summed E-state index contributed by atoms with van der Waals surface area (Å²) in [6.45, 7) is 0.888. The van der Waals surface area contributed by atoms with Crippen LogP contribution >= 0.6 is 31.9 Å². The van der Waals surface area contributed by atoms with Crippen molar-refractivity contribution in [2.24, 2.45) is 0 Å². The highest BCUT2D eigenvalue weighted by molar-refractivity contribution is 9.12. The van der Waals surface area contributed by atoms with Crippen LogP contribution in [0.3, 0.4) is 0 Å². The Morgan fingerprint density at radius 1 is 1.36 bits per heavy atom. The minimum absolute atomic E-state index is 0.422. The quantitative estimate of drug-likeness (QED) is 0.795. The Hall–Kier alpha value is -0.350. The highest BCUT2D eigenvalue weighted by Crippen LogP contribution is 2.15. The zero-order chi connectivity index (χ0) is 9.97. The highest BCUT2D eigenvalue weighted by Gasteiger charge is 2.06. The van der Waals surface area contributed by atoms with Gasteiger partial charge in [-0.1, -0.05) is 50.1 Å². The number of halogens is 2. The van der Waals surface area contributed by atoms with Gasteiger partial charge in [0.2, 0.25) is 0 Å². The van der Waals surface area contributed by atoms with Crippen molar-refractivity contribution in [3.8, 4) is 0 Å². The van der Waals surface area contributed by atoms with Crippen LogP contribution in [0.2, 0.25) is 0 Å². The van der Waals surface area contributed by atoms with Gasteiger partial charge in [0.1, 0.15) is 0 Å². The number of benzene rings is 1. The standard InChI is InChI=1S/C10H10Br2N2/c11-5-9(12)7-14-10-4-2-1-3-8(10)6-13-14/h1-4,6,9H,5,7H2. The molecule has 0 saturated heterocycles. The van der Waals surface area contributed by atoms with Gasteiger partial charge in [0.05, 0.1) is 18.3 Å². The zero-order valence-electron chi connectivity index (χ0n) is 7.53. The summed E-state index contributed by atoms with van der Waals surface area (Å²) in [6, 6.07) is 8.24. The lowest BCUT2D eigenvalue weighted by molar-refractivity contribution is 0.642. The van der Waals surface area contributed by atoms with E-state index in [0.29, 0.717) is 4.83 Å². The molecule has 2 aromatic rings. The number of fused-ring (bicyclic) bond motifs is 1. The average Bonchev–Trinajstić information content (AvgIpc) is 2.62. The third-order valence-electron chi connectivity index (χ3n) is 2.09. The van der Waals surface area contributed by atoms with Crippen LogP contribution in [0, 0.1) is 0 Å². The van der Waals surface area contributed by atoms with Gasteiger partial charge in [-0.2, -0.15) is 5.10 Å². The number of alkyl halides is 2. The van der Waals surface area contributed by atoms with Crippen LogP contribution < -0.4 is 0 Å². The molecule has 0 aliphatic heterocycles. The Balaban J connectivity index is 2.33. The van der Waals surface area contributed by atoms with E-state index in [9.17, 15) is 0 Å². The molecule has 0 N–H and O–H groups in total. The molecule has 4 heteroatoms. The maximum atomic E-state index is 4.35. The van der Waals surface area contributed by atoms with Gasteiger partial charge in [0.25, 0.3) is 0 Å². The molecular weight excluding hydrogens is 308 g/mol. The zero-order valence-corrected chi connectivity index (χ0v) is 10.7. The molecule has 74 valence electrons. The highest BCUT2D eigenvalue weighted by atomic mass is 79.9. The van der Waals surface area contributed by atoms with E-state index in [2.05, 4.69) is 49.1 Å². The van der Waals surface area contributed by atoms with E-state index >= 15 is 0 Å². The lowest BCUT2D eigenvalue weighted by Gasteiger charge is -2.06. The van der Waals surface area contributed by atoms with Crippen LogP contribution in [0.15, 0.2) is 30.5 Å². The fraction of sp³-hybridized carbons (Fsp3) is 0.300. The maximum absolute atomic E-state index is 4.35. The van der Waals surface area contributed by atoms with Gasteiger partial charge >= 0.3 is 0 Å². The Morgan fingerprint density at radius 3 is 2.93 bits per heavy atom. The number of aromatic nitrogens is 2. The second-order valence-corrected chi connectivity index (χ2v) is 5.08. The lowest BCUT2D eigenvalue weighted by Crippen LogP contribution is -2.11. The second kappa shape index (κ2) is 4.45. The predicted molar refractivity (Wildman–Crippen MR) is 66.2 cm³/mol. The van der Waals surface area contributed by atoms with Crippen LogP contribution in [0.4, 0.5) is 0 Å². The van der Waals surface area contributed by atoms with E-state index < -0.39 is 0 Å². The smallest absolute Gasteiger partial charge is 0.0682 e. The van der Waals surface area contributed by atoms with Crippen molar-refractivity contribution in [2.75, 3.05) is 5.33 Å². The summed E-state index contributed by atoms with van der Waals surface area (Å²) in [7, 11) is 0. The fourth-order valence-corrected chi connectivity index (χ4v) is 1.89. The van der Waals surface area contributed by atoms with E-state index in [1.165, 1.54) is 10.9 Å². The molecule has 0 saturated carbocycles. The Morgan fingerprint density at radius 2 is 2.14 bits per heavy atom. The normalized spacial score (nSPS) is 13.3. The van der Waals surface area contributed by atoms with Crippen LogP contribution in [0.1, 0.15) is 0 Å². The minimum atomic E-state index is 0.422. The molecule has 0 fully saturated rings. The molecular formula is C10H10Br2N2. The van der Waals surface area contributed by atoms with Crippen molar-refractivity contribution >= 4 is 42.8 Å². The van der Waals surface area contributed by atoms with Gasteiger partial charge in [-0.15, -0.1) is 0 Å². The first kappa shape index (κ1) is 10.2. The van der Waals surface area contributed by atoms with Crippen molar-refractivity contribution in [1.29, 1.82) is 0 Å². The summed E-state index contributed by atoms with van der Waals surface area (Å²) in [6.07, 6.45) is 1.91. The molecule has 1 atom stereocenters.